The molecule has 0 radical (unpaired) electrons. The molecule has 1 fully saturated rings. The van der Waals surface area contributed by atoms with Gasteiger partial charge in [0, 0.05) is 17.1 Å². The first-order chi connectivity index (χ1) is 17.3. The topological polar surface area (TPSA) is 67.7 Å². The van der Waals surface area contributed by atoms with Crippen molar-refractivity contribution in [2.24, 2.45) is 4.99 Å². The summed E-state index contributed by atoms with van der Waals surface area (Å²) in [6, 6.07) is 16.4. The van der Waals surface area contributed by atoms with Gasteiger partial charge in [0.2, 0.25) is 11.1 Å². The van der Waals surface area contributed by atoms with E-state index in [9.17, 15) is 9.18 Å². The molecule has 0 N–H and O–H groups in total. The van der Waals surface area contributed by atoms with E-state index in [0.717, 1.165) is 21.4 Å². The number of benzene rings is 3. The van der Waals surface area contributed by atoms with Gasteiger partial charge in [-0.1, -0.05) is 41.9 Å². The van der Waals surface area contributed by atoms with Crippen LogP contribution in [0.2, 0.25) is 10.3 Å². The number of aromatic nitrogens is 2. The van der Waals surface area contributed by atoms with Gasteiger partial charge >= 0.3 is 0 Å². The van der Waals surface area contributed by atoms with E-state index in [0.29, 0.717) is 32.1 Å². The number of hydrogen-bond acceptors (Lipinski definition) is 6. The van der Waals surface area contributed by atoms with E-state index in [1.165, 1.54) is 16.7 Å². The molecule has 180 valence electrons. The molecule has 2 heterocycles. The summed E-state index contributed by atoms with van der Waals surface area (Å²) in [5.74, 6) is -1.02. The highest BCUT2D eigenvalue weighted by Crippen LogP contribution is 2.39. The third-order valence-corrected chi connectivity index (χ3v) is 7.70. The van der Waals surface area contributed by atoms with Crippen molar-refractivity contribution in [2.45, 2.75) is 0 Å². The number of fused-ring (bicyclic) bond motifs is 1. The normalized spacial score (nSPS) is 15.9. The van der Waals surface area contributed by atoms with Crippen LogP contribution in [0.25, 0.3) is 16.8 Å². The van der Waals surface area contributed by atoms with Crippen LogP contribution in [0.3, 0.4) is 0 Å². The van der Waals surface area contributed by atoms with E-state index < -0.39 is 5.82 Å². The number of likely N-dealkylation sites (N-methyl/N-ethyl adjacent to an activating group) is 1. The number of amides is 1. The molecular formula is C25H14BrCl2FN4O2S. The molecule has 4 aromatic rings. The van der Waals surface area contributed by atoms with Crippen molar-refractivity contribution in [1.29, 1.82) is 0 Å². The molecule has 1 saturated heterocycles. The van der Waals surface area contributed by atoms with Gasteiger partial charge in [0.15, 0.2) is 5.17 Å². The number of thioether (sulfide) groups is 1. The van der Waals surface area contributed by atoms with E-state index in [-0.39, 0.29) is 17.1 Å². The molecular weight excluding hydrogens is 590 g/mol. The van der Waals surface area contributed by atoms with Crippen LogP contribution in [0.1, 0.15) is 5.56 Å². The van der Waals surface area contributed by atoms with Gasteiger partial charge in [0.05, 0.1) is 21.8 Å². The van der Waals surface area contributed by atoms with Crippen molar-refractivity contribution in [1.82, 2.24) is 14.9 Å². The van der Waals surface area contributed by atoms with Gasteiger partial charge in [-0.05, 0) is 80.4 Å². The lowest BCUT2D eigenvalue weighted by atomic mass is 10.0. The van der Waals surface area contributed by atoms with Crippen LogP contribution in [0.5, 0.6) is 11.6 Å². The number of hydrogen-bond donors (Lipinski definition) is 0. The Hall–Kier alpha value is -2.98. The number of rotatable bonds is 4. The van der Waals surface area contributed by atoms with Crippen LogP contribution >= 0.6 is 50.9 Å². The quantitative estimate of drug-likeness (QED) is 0.175. The van der Waals surface area contributed by atoms with Crippen LogP contribution < -0.4 is 4.74 Å². The van der Waals surface area contributed by atoms with Gasteiger partial charge in [0.1, 0.15) is 5.75 Å². The predicted octanol–water partition coefficient (Wildman–Crippen LogP) is 7.86. The molecule has 36 heavy (non-hydrogen) atoms. The summed E-state index contributed by atoms with van der Waals surface area (Å²) >= 11 is 16.6. The fourth-order valence-electron chi connectivity index (χ4n) is 3.47. The number of carbonyl (C=O) groups is 1. The average molecular weight is 604 g/mol. The SMILES string of the molecule is CN1C(=O)/C(=C/c2c(Oc3nc(Cl)ncc3F)ccc3ccccc23)SC1=Nc1ccc(Br)c(Cl)c1. The Balaban J connectivity index is 1.58. The average Bonchev–Trinajstić information content (AvgIpc) is 3.12. The Labute approximate surface area is 227 Å². The van der Waals surface area contributed by atoms with Gasteiger partial charge in [-0.15, -0.1) is 0 Å². The number of carbonyl (C=O) groups excluding carboxylic acids is 1. The minimum atomic E-state index is -0.764. The lowest BCUT2D eigenvalue weighted by Gasteiger charge is -2.12. The lowest BCUT2D eigenvalue weighted by Crippen LogP contribution is -2.23. The molecule has 1 aliphatic heterocycles. The Morgan fingerprint density at radius 1 is 1.17 bits per heavy atom. The first kappa shape index (κ1) is 24.7. The van der Waals surface area contributed by atoms with Crippen molar-refractivity contribution in [3.8, 4) is 11.6 Å². The maximum Gasteiger partial charge on any atom is 0.266 e. The summed E-state index contributed by atoms with van der Waals surface area (Å²) < 4.78 is 20.9. The summed E-state index contributed by atoms with van der Waals surface area (Å²) in [5.41, 5.74) is 1.19. The maximum atomic E-state index is 14.3. The molecule has 1 aromatic heterocycles. The zero-order chi connectivity index (χ0) is 25.4. The van der Waals surface area contributed by atoms with Gasteiger partial charge in [-0.3, -0.25) is 9.69 Å². The standard InChI is InChI=1S/C25H14BrCl2FN4O2S/c1-33-23(34)21(36-25(33)31-14-7-8-17(26)18(27)10-14)11-16-15-5-3-2-4-13(15)6-9-20(16)35-22-19(29)12-30-24(28)32-22/h2-12H,1H3/b21-11-,31-25?. The van der Waals surface area contributed by atoms with Gasteiger partial charge < -0.3 is 4.74 Å². The smallest absolute Gasteiger partial charge is 0.266 e. The minimum absolute atomic E-state index is 0.149. The van der Waals surface area contributed by atoms with E-state index in [1.807, 2.05) is 30.3 Å². The molecule has 1 amide bonds. The molecule has 6 nitrogen and oxygen atoms in total. The minimum Gasteiger partial charge on any atom is -0.436 e. The van der Waals surface area contributed by atoms with Crippen LogP contribution in [0.4, 0.5) is 10.1 Å². The number of aliphatic imine (C=N–C) groups is 1. The second kappa shape index (κ2) is 10.2. The molecule has 0 saturated carbocycles. The summed E-state index contributed by atoms with van der Waals surface area (Å²) in [5, 5.41) is 2.58. The Morgan fingerprint density at radius 2 is 1.97 bits per heavy atom. The van der Waals surface area contributed by atoms with Crippen molar-refractivity contribution in [3.63, 3.8) is 0 Å². The Bertz CT molecular complexity index is 1600. The van der Waals surface area contributed by atoms with Crippen molar-refractivity contribution in [3.05, 3.63) is 91.9 Å². The zero-order valence-electron chi connectivity index (χ0n) is 18.4. The van der Waals surface area contributed by atoms with Crippen LogP contribution in [-0.2, 0) is 4.79 Å². The number of halogens is 4. The second-order valence-electron chi connectivity index (χ2n) is 7.56. The fraction of sp³-hybridized carbons (Fsp3) is 0.0400. The van der Waals surface area contributed by atoms with Gasteiger partial charge in [-0.2, -0.15) is 9.37 Å². The Kier molecular flexibility index (Phi) is 6.98. The fourth-order valence-corrected chi connectivity index (χ4v) is 4.98. The van der Waals surface area contributed by atoms with E-state index in [2.05, 4.69) is 30.9 Å². The van der Waals surface area contributed by atoms with Crippen molar-refractivity contribution >= 4 is 84.5 Å². The number of amidine groups is 1. The molecule has 3 aromatic carbocycles. The highest BCUT2D eigenvalue weighted by Gasteiger charge is 2.31. The summed E-state index contributed by atoms with van der Waals surface area (Å²) in [6.45, 7) is 0. The molecule has 0 aliphatic carbocycles. The van der Waals surface area contributed by atoms with Crippen molar-refractivity contribution in [2.75, 3.05) is 7.05 Å². The van der Waals surface area contributed by atoms with Crippen molar-refractivity contribution < 1.29 is 13.9 Å². The molecule has 0 unspecified atom stereocenters. The Morgan fingerprint density at radius 3 is 2.78 bits per heavy atom. The maximum absolute atomic E-state index is 14.3. The van der Waals surface area contributed by atoms with E-state index in [1.54, 1.807) is 37.4 Å². The molecule has 5 rings (SSSR count). The third-order valence-electron chi connectivity index (χ3n) is 5.23. The van der Waals surface area contributed by atoms with E-state index in [4.69, 9.17) is 27.9 Å². The molecule has 0 atom stereocenters. The number of nitrogens with zero attached hydrogens (tertiary/aromatic N) is 4. The van der Waals surface area contributed by atoms with E-state index >= 15 is 0 Å². The molecule has 0 bridgehead atoms. The highest BCUT2D eigenvalue weighted by molar-refractivity contribution is 9.10. The molecule has 0 spiro atoms. The summed E-state index contributed by atoms with van der Waals surface area (Å²) in [4.78, 5) is 27.0. The predicted molar refractivity (Wildman–Crippen MR) is 146 cm³/mol. The first-order valence-corrected chi connectivity index (χ1v) is 12.8. The third kappa shape index (κ3) is 4.97. The molecule has 1 aliphatic rings. The van der Waals surface area contributed by atoms with Crippen LogP contribution in [0, 0.1) is 5.82 Å². The lowest BCUT2D eigenvalue weighted by molar-refractivity contribution is -0.121. The summed E-state index contributed by atoms with van der Waals surface area (Å²) in [7, 11) is 1.65. The zero-order valence-corrected chi connectivity index (χ0v) is 22.3. The highest BCUT2D eigenvalue weighted by atomic mass is 79.9. The van der Waals surface area contributed by atoms with Gasteiger partial charge in [-0.25, -0.2) is 9.98 Å². The molecule has 11 heteroatoms. The van der Waals surface area contributed by atoms with Gasteiger partial charge in [0.25, 0.3) is 11.8 Å². The largest absolute Gasteiger partial charge is 0.436 e. The summed E-state index contributed by atoms with van der Waals surface area (Å²) in [6.07, 6.45) is 2.64. The first-order valence-electron chi connectivity index (χ1n) is 10.4. The van der Waals surface area contributed by atoms with Crippen LogP contribution in [0.15, 0.2) is 75.2 Å². The monoisotopic (exact) mass is 602 g/mol. The second-order valence-corrected chi connectivity index (χ2v) is 10.2. The number of ether oxygens (including phenoxy) is 1. The van der Waals surface area contributed by atoms with Crippen LogP contribution in [-0.4, -0.2) is 33.0 Å².